The van der Waals surface area contributed by atoms with E-state index in [0.717, 1.165) is 26.2 Å². The Balaban J connectivity index is 2.08. The zero-order chi connectivity index (χ0) is 23.8. The van der Waals surface area contributed by atoms with E-state index in [1.54, 1.807) is 6.07 Å². The van der Waals surface area contributed by atoms with Crippen molar-refractivity contribution in [2.45, 2.75) is 37.6 Å². The lowest BCUT2D eigenvalue weighted by atomic mass is 9.77. The number of rotatable bonds is 4. The van der Waals surface area contributed by atoms with E-state index >= 15 is 0 Å². The van der Waals surface area contributed by atoms with Crippen LogP contribution in [0.3, 0.4) is 0 Å². The fourth-order valence-electron chi connectivity index (χ4n) is 3.82. The summed E-state index contributed by atoms with van der Waals surface area (Å²) in [6.07, 6.45) is -5.35. The van der Waals surface area contributed by atoms with Gasteiger partial charge >= 0.3 is 6.18 Å². The van der Waals surface area contributed by atoms with E-state index in [2.05, 4.69) is 10.3 Å². The average Bonchev–Trinajstić information content (AvgIpc) is 3.02. The molecule has 1 amide bonds. The van der Waals surface area contributed by atoms with Crippen molar-refractivity contribution in [1.29, 1.82) is 5.26 Å². The highest BCUT2D eigenvalue weighted by atomic mass is 19.4. The molecule has 2 heterocycles. The predicted octanol–water partition coefficient (Wildman–Crippen LogP) is 4.32. The number of methoxy groups -OCH3 is 1. The number of nitrogens with one attached hydrogen (secondary N) is 1. The number of nitrogens with zero attached hydrogens (tertiary/aromatic N) is 2. The smallest absolute Gasteiger partial charge is 0.417 e. The zero-order valence-corrected chi connectivity index (χ0v) is 17.1. The number of hydrogen-bond acceptors (Lipinski definition) is 5. The summed E-state index contributed by atoms with van der Waals surface area (Å²) in [5, 5.41) is 11.3. The molecule has 170 valence electrons. The fraction of sp³-hybridized carbons (Fsp3) is 0.381. The molecule has 4 unspecified atom stereocenters. The van der Waals surface area contributed by atoms with Crippen molar-refractivity contribution in [3.8, 4) is 11.8 Å². The van der Waals surface area contributed by atoms with Gasteiger partial charge < -0.3 is 14.8 Å². The Morgan fingerprint density at radius 2 is 2.00 bits per heavy atom. The SMILES string of the molecule is COc1c(C2C(C(=O)Nc3ccnc(C#N)c3)OC(C)(C(F)(F)F)C2C)ccc(F)c1F. The van der Waals surface area contributed by atoms with Gasteiger partial charge in [-0.1, -0.05) is 13.0 Å². The van der Waals surface area contributed by atoms with Crippen LogP contribution >= 0.6 is 0 Å². The number of anilines is 1. The fourth-order valence-corrected chi connectivity index (χ4v) is 3.82. The minimum Gasteiger partial charge on any atom is -0.493 e. The number of carbonyl (C=O) groups excluding carboxylic acids is 1. The molecule has 0 aliphatic carbocycles. The highest BCUT2D eigenvalue weighted by Crippen LogP contribution is 2.54. The lowest BCUT2D eigenvalue weighted by molar-refractivity contribution is -0.272. The lowest BCUT2D eigenvalue weighted by Gasteiger charge is -2.32. The molecule has 1 aliphatic heterocycles. The van der Waals surface area contributed by atoms with Crippen LogP contribution < -0.4 is 10.1 Å². The summed E-state index contributed by atoms with van der Waals surface area (Å²) < 4.78 is 79.9. The van der Waals surface area contributed by atoms with Crippen molar-refractivity contribution in [1.82, 2.24) is 4.98 Å². The third-order valence-electron chi connectivity index (χ3n) is 5.71. The van der Waals surface area contributed by atoms with E-state index in [9.17, 15) is 26.7 Å². The number of amides is 1. The Bertz CT molecular complexity index is 1090. The molecule has 1 aromatic carbocycles. The Morgan fingerprint density at radius 3 is 2.59 bits per heavy atom. The molecule has 0 radical (unpaired) electrons. The van der Waals surface area contributed by atoms with Gasteiger partial charge in [0.1, 0.15) is 17.9 Å². The first-order valence-corrected chi connectivity index (χ1v) is 9.38. The minimum absolute atomic E-state index is 0.0255. The molecule has 11 heteroatoms. The first kappa shape index (κ1) is 23.4. The summed E-state index contributed by atoms with van der Waals surface area (Å²) in [6, 6.07) is 6.17. The molecule has 6 nitrogen and oxygen atoms in total. The number of alkyl halides is 3. The zero-order valence-electron chi connectivity index (χ0n) is 17.1. The number of benzene rings is 1. The maximum Gasteiger partial charge on any atom is 0.417 e. The van der Waals surface area contributed by atoms with E-state index < -0.39 is 53.0 Å². The van der Waals surface area contributed by atoms with Gasteiger partial charge in [0.15, 0.2) is 17.2 Å². The summed E-state index contributed by atoms with van der Waals surface area (Å²) in [7, 11) is 1.04. The molecular weight excluding hydrogens is 437 g/mol. The van der Waals surface area contributed by atoms with Gasteiger partial charge in [0, 0.05) is 29.3 Å². The van der Waals surface area contributed by atoms with Crippen LogP contribution in [-0.4, -0.2) is 35.9 Å². The second-order valence-electron chi connectivity index (χ2n) is 7.47. The summed E-state index contributed by atoms with van der Waals surface area (Å²) in [5.41, 5.74) is -2.82. The Labute approximate surface area is 180 Å². The topological polar surface area (TPSA) is 84.2 Å². The second-order valence-corrected chi connectivity index (χ2v) is 7.47. The molecule has 4 atom stereocenters. The molecule has 3 rings (SSSR count). The van der Waals surface area contributed by atoms with Gasteiger partial charge in [-0.3, -0.25) is 4.79 Å². The van der Waals surface area contributed by atoms with E-state index in [1.165, 1.54) is 25.3 Å². The van der Waals surface area contributed by atoms with E-state index in [1.807, 2.05) is 0 Å². The average molecular weight is 455 g/mol. The van der Waals surface area contributed by atoms with Gasteiger partial charge in [0.05, 0.1) is 7.11 Å². The molecule has 32 heavy (non-hydrogen) atoms. The summed E-state index contributed by atoms with van der Waals surface area (Å²) in [4.78, 5) is 16.7. The first-order valence-electron chi connectivity index (χ1n) is 9.38. The van der Waals surface area contributed by atoms with Crippen molar-refractivity contribution in [2.24, 2.45) is 5.92 Å². The summed E-state index contributed by atoms with van der Waals surface area (Å²) in [6.45, 7) is 2.01. The second kappa shape index (κ2) is 8.35. The predicted molar refractivity (Wildman–Crippen MR) is 102 cm³/mol. The number of hydrogen-bond donors (Lipinski definition) is 1. The van der Waals surface area contributed by atoms with Gasteiger partial charge in [0.2, 0.25) is 5.82 Å². The highest BCUT2D eigenvalue weighted by Gasteiger charge is 2.65. The van der Waals surface area contributed by atoms with Gasteiger partial charge in [-0.25, -0.2) is 9.37 Å². The van der Waals surface area contributed by atoms with Crippen molar-refractivity contribution < 1.29 is 36.2 Å². The standard InChI is InChI=1S/C21H18F5N3O3/c1-10-15(13-4-5-14(22)16(23)17(13)31-3)18(32-20(10,2)21(24,25)26)19(30)29-11-6-7-28-12(8-11)9-27/h4-8,10,15,18H,1-3H3,(H,28,29,30). The molecule has 1 fully saturated rings. The van der Waals surface area contributed by atoms with Crippen LogP contribution in [0, 0.1) is 28.9 Å². The first-order chi connectivity index (χ1) is 14.9. The molecule has 0 saturated carbocycles. The van der Waals surface area contributed by atoms with E-state index in [4.69, 9.17) is 14.7 Å². The lowest BCUT2D eigenvalue weighted by Crippen LogP contribution is -2.47. The number of ether oxygens (including phenoxy) is 2. The maximum absolute atomic E-state index is 14.3. The van der Waals surface area contributed by atoms with Gasteiger partial charge in [-0.05, 0) is 25.1 Å². The van der Waals surface area contributed by atoms with Crippen molar-refractivity contribution in [2.75, 3.05) is 12.4 Å². The van der Waals surface area contributed by atoms with Gasteiger partial charge in [0.25, 0.3) is 5.91 Å². The molecule has 0 spiro atoms. The molecule has 1 saturated heterocycles. The molecule has 0 bridgehead atoms. The number of nitriles is 1. The molecule has 1 N–H and O–H groups in total. The normalized spacial score (nSPS) is 25.3. The Hall–Kier alpha value is -3.26. The highest BCUT2D eigenvalue weighted by molar-refractivity contribution is 5.95. The summed E-state index contributed by atoms with van der Waals surface area (Å²) in [5.74, 6) is -6.91. The van der Waals surface area contributed by atoms with Crippen LogP contribution in [0.4, 0.5) is 27.6 Å². The van der Waals surface area contributed by atoms with Gasteiger partial charge in [-0.2, -0.15) is 22.8 Å². The Kier molecular flexibility index (Phi) is 6.11. The minimum atomic E-state index is -4.86. The number of pyridine rings is 1. The van der Waals surface area contributed by atoms with Crippen molar-refractivity contribution in [3.05, 3.63) is 53.4 Å². The largest absolute Gasteiger partial charge is 0.493 e. The Morgan fingerprint density at radius 1 is 1.31 bits per heavy atom. The van der Waals surface area contributed by atoms with Crippen LogP contribution in [-0.2, 0) is 9.53 Å². The number of carbonyl (C=O) groups is 1. The van der Waals surface area contributed by atoms with Crippen molar-refractivity contribution in [3.63, 3.8) is 0 Å². The van der Waals surface area contributed by atoms with E-state index in [0.29, 0.717) is 0 Å². The third-order valence-corrected chi connectivity index (χ3v) is 5.71. The van der Waals surface area contributed by atoms with Crippen LogP contribution in [0.15, 0.2) is 30.5 Å². The van der Waals surface area contributed by atoms with Crippen LogP contribution in [0.5, 0.6) is 5.75 Å². The third kappa shape index (κ3) is 3.86. The van der Waals surface area contributed by atoms with Crippen LogP contribution in [0.1, 0.15) is 31.0 Å². The quantitative estimate of drug-likeness (QED) is 0.695. The monoisotopic (exact) mass is 455 g/mol. The number of aromatic nitrogens is 1. The number of halogens is 5. The van der Waals surface area contributed by atoms with Crippen LogP contribution in [0.2, 0.25) is 0 Å². The van der Waals surface area contributed by atoms with E-state index in [-0.39, 0.29) is 16.9 Å². The molecule has 1 aliphatic rings. The molecule has 1 aromatic heterocycles. The van der Waals surface area contributed by atoms with Crippen molar-refractivity contribution >= 4 is 11.6 Å². The molecule has 2 aromatic rings. The molecular formula is C21H18F5N3O3. The van der Waals surface area contributed by atoms with Gasteiger partial charge in [-0.15, -0.1) is 0 Å². The van der Waals surface area contributed by atoms with Crippen LogP contribution in [0.25, 0.3) is 0 Å². The maximum atomic E-state index is 14.3. The summed E-state index contributed by atoms with van der Waals surface area (Å²) >= 11 is 0.